The minimum atomic E-state index is -4.10. The number of halogens is 3. The molecule has 7 heteroatoms. The second kappa shape index (κ2) is 6.02. The summed E-state index contributed by atoms with van der Waals surface area (Å²) in [5.41, 5.74) is -1.90. The number of nitrogens with zero attached hydrogens (tertiary/aromatic N) is 1. The number of hydrogen-bond acceptors (Lipinski definition) is 4. The Labute approximate surface area is 122 Å². The van der Waals surface area contributed by atoms with Crippen LogP contribution in [0.15, 0.2) is 0 Å². The van der Waals surface area contributed by atoms with E-state index in [0.717, 1.165) is 0 Å². The number of aliphatic hydroxyl groups excluding tert-OH is 1. The molecular formula is C14H24F3NO3. The first-order valence-corrected chi connectivity index (χ1v) is 7.48. The van der Waals surface area contributed by atoms with Crippen LogP contribution in [0.4, 0.5) is 13.2 Å². The van der Waals surface area contributed by atoms with Crippen LogP contribution in [-0.2, 0) is 4.74 Å². The van der Waals surface area contributed by atoms with E-state index in [4.69, 9.17) is 4.74 Å². The number of hydrogen-bond donors (Lipinski definition) is 2. The Balaban J connectivity index is 1.82. The first-order chi connectivity index (χ1) is 9.65. The van der Waals surface area contributed by atoms with Gasteiger partial charge in [-0.05, 0) is 32.7 Å². The van der Waals surface area contributed by atoms with E-state index in [1.807, 2.05) is 4.90 Å². The van der Waals surface area contributed by atoms with Crippen molar-refractivity contribution in [3.63, 3.8) is 0 Å². The molecule has 2 saturated heterocycles. The first kappa shape index (κ1) is 17.0. The lowest BCUT2D eigenvalue weighted by Crippen LogP contribution is -2.64. The molecule has 0 amide bonds. The molecule has 0 aromatic rings. The van der Waals surface area contributed by atoms with Crippen molar-refractivity contribution in [2.75, 3.05) is 26.2 Å². The van der Waals surface area contributed by atoms with Gasteiger partial charge in [0, 0.05) is 25.9 Å². The number of ether oxygens (including phenoxy) is 1. The van der Waals surface area contributed by atoms with Gasteiger partial charge in [0.25, 0.3) is 0 Å². The Morgan fingerprint density at radius 2 is 1.86 bits per heavy atom. The summed E-state index contributed by atoms with van der Waals surface area (Å²) in [6, 6.07) is 0. The molecule has 124 valence electrons. The van der Waals surface area contributed by atoms with E-state index in [2.05, 4.69) is 0 Å². The standard InChI is InChI=1S/C14H24F3NO3/c1-12(20)6-10-21-13(11(12)19)4-8-18(9-5-13)7-2-3-14(15,16)17/h11,19-20H,2-10H2,1H3/t11-,12+/m0/s1. The fourth-order valence-electron chi connectivity index (χ4n) is 3.32. The van der Waals surface area contributed by atoms with Crippen LogP contribution in [-0.4, -0.2) is 64.8 Å². The maximum Gasteiger partial charge on any atom is 0.389 e. The van der Waals surface area contributed by atoms with Gasteiger partial charge in [-0.3, -0.25) is 0 Å². The second-order valence-electron chi connectivity index (χ2n) is 6.48. The van der Waals surface area contributed by atoms with Crippen molar-refractivity contribution >= 4 is 0 Å². The Hall–Kier alpha value is -0.370. The Kier molecular flexibility index (Phi) is 4.87. The molecule has 0 aliphatic carbocycles. The Morgan fingerprint density at radius 1 is 1.24 bits per heavy atom. The number of aliphatic hydroxyl groups is 2. The van der Waals surface area contributed by atoms with E-state index >= 15 is 0 Å². The van der Waals surface area contributed by atoms with Crippen molar-refractivity contribution in [2.24, 2.45) is 0 Å². The molecule has 4 nitrogen and oxygen atoms in total. The van der Waals surface area contributed by atoms with Crippen LogP contribution in [0.2, 0.25) is 0 Å². The third-order valence-corrected chi connectivity index (χ3v) is 4.72. The lowest BCUT2D eigenvalue weighted by molar-refractivity contribution is -0.246. The molecule has 0 aromatic heterocycles. The summed E-state index contributed by atoms with van der Waals surface area (Å²) >= 11 is 0. The van der Waals surface area contributed by atoms with Crippen molar-refractivity contribution in [2.45, 2.75) is 62.5 Å². The average molecular weight is 311 g/mol. The van der Waals surface area contributed by atoms with Gasteiger partial charge in [-0.2, -0.15) is 13.2 Å². The van der Waals surface area contributed by atoms with Crippen LogP contribution in [0.1, 0.15) is 39.0 Å². The van der Waals surface area contributed by atoms with Crippen molar-refractivity contribution in [1.29, 1.82) is 0 Å². The number of piperidine rings is 1. The molecule has 0 bridgehead atoms. The molecule has 2 heterocycles. The molecule has 21 heavy (non-hydrogen) atoms. The van der Waals surface area contributed by atoms with Crippen molar-refractivity contribution in [3.05, 3.63) is 0 Å². The SMILES string of the molecule is C[C@@]1(O)CCOC2(CCN(CCCC(F)(F)F)CC2)[C@H]1O. The minimum Gasteiger partial charge on any atom is -0.387 e. The predicted molar refractivity (Wildman–Crippen MR) is 70.9 cm³/mol. The topological polar surface area (TPSA) is 52.9 Å². The third kappa shape index (κ3) is 4.09. The highest BCUT2D eigenvalue weighted by molar-refractivity contribution is 5.03. The predicted octanol–water partition coefficient (Wildman–Crippen LogP) is 1.70. The summed E-state index contributed by atoms with van der Waals surface area (Å²) in [6.45, 7) is 3.59. The van der Waals surface area contributed by atoms with Gasteiger partial charge in [0.1, 0.15) is 6.10 Å². The average Bonchev–Trinajstić information content (AvgIpc) is 2.37. The van der Waals surface area contributed by atoms with Gasteiger partial charge in [-0.25, -0.2) is 0 Å². The van der Waals surface area contributed by atoms with Crippen LogP contribution in [0, 0.1) is 0 Å². The lowest BCUT2D eigenvalue weighted by Gasteiger charge is -2.51. The first-order valence-electron chi connectivity index (χ1n) is 7.48. The fraction of sp³-hybridized carbons (Fsp3) is 1.00. The van der Waals surface area contributed by atoms with Gasteiger partial charge in [0.2, 0.25) is 0 Å². The maximum absolute atomic E-state index is 12.1. The molecule has 0 unspecified atom stereocenters. The summed E-state index contributed by atoms with van der Waals surface area (Å²) in [5, 5.41) is 20.5. The van der Waals surface area contributed by atoms with E-state index in [1.165, 1.54) is 0 Å². The van der Waals surface area contributed by atoms with Gasteiger partial charge >= 0.3 is 6.18 Å². The minimum absolute atomic E-state index is 0.0949. The normalized spacial score (nSPS) is 34.3. The quantitative estimate of drug-likeness (QED) is 0.833. The monoisotopic (exact) mass is 311 g/mol. The van der Waals surface area contributed by atoms with Crippen LogP contribution in [0.25, 0.3) is 0 Å². The van der Waals surface area contributed by atoms with Gasteiger partial charge in [0.05, 0.1) is 17.8 Å². The van der Waals surface area contributed by atoms with Crippen LogP contribution in [0.5, 0.6) is 0 Å². The van der Waals surface area contributed by atoms with E-state index in [0.29, 0.717) is 45.5 Å². The zero-order valence-corrected chi connectivity index (χ0v) is 12.3. The van der Waals surface area contributed by atoms with Gasteiger partial charge in [0.15, 0.2) is 0 Å². The molecule has 0 saturated carbocycles. The van der Waals surface area contributed by atoms with Crippen molar-refractivity contribution in [1.82, 2.24) is 4.90 Å². The van der Waals surface area contributed by atoms with Crippen LogP contribution >= 0.6 is 0 Å². The molecule has 1 spiro atoms. The summed E-state index contributed by atoms with van der Waals surface area (Å²) in [6.07, 6.45) is -4.24. The maximum atomic E-state index is 12.1. The summed E-state index contributed by atoms with van der Waals surface area (Å²) in [5.74, 6) is 0. The summed E-state index contributed by atoms with van der Waals surface area (Å²) < 4.78 is 42.1. The van der Waals surface area contributed by atoms with E-state index in [-0.39, 0.29) is 6.42 Å². The van der Waals surface area contributed by atoms with Crippen molar-refractivity contribution in [3.8, 4) is 0 Å². The highest BCUT2D eigenvalue weighted by Crippen LogP contribution is 2.39. The molecule has 2 atom stereocenters. The molecule has 2 aliphatic rings. The molecule has 2 fully saturated rings. The van der Waals surface area contributed by atoms with Crippen molar-refractivity contribution < 1.29 is 28.1 Å². The molecule has 2 aliphatic heterocycles. The Bertz CT molecular complexity index is 352. The number of likely N-dealkylation sites (tertiary alicyclic amines) is 1. The largest absolute Gasteiger partial charge is 0.389 e. The van der Waals surface area contributed by atoms with E-state index < -0.39 is 29.9 Å². The number of rotatable bonds is 3. The molecule has 2 N–H and O–H groups in total. The van der Waals surface area contributed by atoms with Crippen LogP contribution in [0.3, 0.4) is 0 Å². The zero-order chi connectivity index (χ0) is 15.7. The smallest absolute Gasteiger partial charge is 0.387 e. The van der Waals surface area contributed by atoms with Gasteiger partial charge in [-0.1, -0.05) is 0 Å². The molecular weight excluding hydrogens is 287 g/mol. The van der Waals surface area contributed by atoms with E-state index in [1.54, 1.807) is 6.92 Å². The molecule has 0 aromatic carbocycles. The summed E-state index contributed by atoms with van der Waals surface area (Å²) in [7, 11) is 0. The highest BCUT2D eigenvalue weighted by Gasteiger charge is 2.52. The molecule has 2 rings (SSSR count). The van der Waals surface area contributed by atoms with E-state index in [9.17, 15) is 23.4 Å². The van der Waals surface area contributed by atoms with Gasteiger partial charge in [-0.15, -0.1) is 0 Å². The molecule has 0 radical (unpaired) electrons. The fourth-order valence-corrected chi connectivity index (χ4v) is 3.32. The zero-order valence-electron chi connectivity index (χ0n) is 12.3. The highest BCUT2D eigenvalue weighted by atomic mass is 19.4. The van der Waals surface area contributed by atoms with Gasteiger partial charge < -0.3 is 19.8 Å². The summed E-state index contributed by atoms with van der Waals surface area (Å²) in [4.78, 5) is 1.97. The number of alkyl halides is 3. The van der Waals surface area contributed by atoms with Crippen LogP contribution < -0.4 is 0 Å². The Morgan fingerprint density at radius 3 is 2.43 bits per heavy atom. The third-order valence-electron chi connectivity index (χ3n) is 4.72. The lowest BCUT2D eigenvalue weighted by atomic mass is 9.75. The second-order valence-corrected chi connectivity index (χ2v) is 6.48.